The summed E-state index contributed by atoms with van der Waals surface area (Å²) < 4.78 is 0. The summed E-state index contributed by atoms with van der Waals surface area (Å²) in [7, 11) is 0. The Morgan fingerprint density at radius 1 is 0.968 bits per heavy atom. The zero-order valence-electron chi connectivity index (χ0n) is 16.6. The van der Waals surface area contributed by atoms with Crippen LogP contribution in [0.15, 0.2) is 84.7 Å². The molecule has 1 aliphatic rings. The Balaban J connectivity index is 1.86. The number of nitrogens with one attached hydrogen (secondary N) is 1. The number of hydrogen-bond acceptors (Lipinski definition) is 5. The normalized spacial score (nSPS) is 17.6. The molecule has 154 valence electrons. The topological polar surface area (TPSA) is 99.6 Å². The van der Waals surface area contributed by atoms with Gasteiger partial charge in [-0.25, -0.2) is 0 Å². The van der Waals surface area contributed by atoms with Crippen molar-refractivity contribution >= 4 is 34.7 Å². The molecular weight excluding hydrogens is 394 g/mol. The molecule has 0 bridgehead atoms. The monoisotopic (exact) mass is 413 g/mol. The third-order valence-electron chi connectivity index (χ3n) is 4.98. The van der Waals surface area contributed by atoms with Gasteiger partial charge in [-0.3, -0.25) is 24.3 Å². The summed E-state index contributed by atoms with van der Waals surface area (Å²) in [6, 6.07) is 18.0. The first-order valence-electron chi connectivity index (χ1n) is 9.61. The highest BCUT2D eigenvalue weighted by Gasteiger charge is 2.46. The van der Waals surface area contributed by atoms with Gasteiger partial charge in [0.25, 0.3) is 11.7 Å². The van der Waals surface area contributed by atoms with Crippen molar-refractivity contribution in [2.45, 2.75) is 13.0 Å². The summed E-state index contributed by atoms with van der Waals surface area (Å²) in [5, 5.41) is 13.6. The van der Waals surface area contributed by atoms with Crippen LogP contribution in [-0.4, -0.2) is 27.7 Å². The van der Waals surface area contributed by atoms with E-state index in [0.29, 0.717) is 22.5 Å². The number of Topliss-reactive ketones (excluding diaryl/α,β-unsaturated/α-hetero) is 1. The number of pyridine rings is 1. The van der Waals surface area contributed by atoms with Crippen molar-refractivity contribution in [1.29, 1.82) is 0 Å². The summed E-state index contributed by atoms with van der Waals surface area (Å²) in [5.74, 6) is -1.98. The van der Waals surface area contributed by atoms with Gasteiger partial charge in [0.15, 0.2) is 0 Å². The molecule has 2 amide bonds. The summed E-state index contributed by atoms with van der Waals surface area (Å²) in [4.78, 5) is 42.6. The molecule has 4 rings (SSSR count). The van der Waals surface area contributed by atoms with Crippen LogP contribution < -0.4 is 10.2 Å². The standard InChI is InChI=1S/C24H19N3O4/c1-15(28)26-18-7-9-19(10-8-18)27-21(16-5-3-2-4-6-16)20(23(30)24(27)31)22(29)17-11-13-25-14-12-17/h2-14,21,29H,1H3,(H,26,28)/b22-20-. The number of aliphatic hydroxyl groups is 1. The number of carbonyl (C=O) groups excluding carboxylic acids is 3. The highest BCUT2D eigenvalue weighted by atomic mass is 16.3. The molecule has 1 fully saturated rings. The minimum absolute atomic E-state index is 0.00772. The molecule has 0 aliphatic carbocycles. The highest BCUT2D eigenvalue weighted by Crippen LogP contribution is 2.42. The molecule has 0 saturated carbocycles. The quantitative estimate of drug-likeness (QED) is 0.386. The number of nitrogens with zero attached hydrogens (tertiary/aromatic N) is 2. The van der Waals surface area contributed by atoms with Crippen molar-refractivity contribution in [3.8, 4) is 0 Å². The second-order valence-corrected chi connectivity index (χ2v) is 7.04. The first-order chi connectivity index (χ1) is 15.0. The van der Waals surface area contributed by atoms with Gasteiger partial charge in [-0.15, -0.1) is 0 Å². The number of aromatic nitrogens is 1. The van der Waals surface area contributed by atoms with Crippen molar-refractivity contribution in [1.82, 2.24) is 4.98 Å². The van der Waals surface area contributed by atoms with Crippen molar-refractivity contribution in [3.05, 3.63) is 95.8 Å². The summed E-state index contributed by atoms with van der Waals surface area (Å²) in [6.45, 7) is 1.40. The van der Waals surface area contributed by atoms with E-state index in [1.165, 1.54) is 24.2 Å². The van der Waals surface area contributed by atoms with Crippen molar-refractivity contribution in [2.75, 3.05) is 10.2 Å². The molecule has 31 heavy (non-hydrogen) atoms. The van der Waals surface area contributed by atoms with Crippen molar-refractivity contribution in [3.63, 3.8) is 0 Å². The first kappa shape index (κ1) is 20.0. The average Bonchev–Trinajstić information content (AvgIpc) is 3.05. The van der Waals surface area contributed by atoms with Crippen LogP contribution in [0.4, 0.5) is 11.4 Å². The molecule has 3 aromatic rings. The molecule has 1 unspecified atom stereocenters. The number of benzene rings is 2. The summed E-state index contributed by atoms with van der Waals surface area (Å²) in [5.41, 5.74) is 2.13. The summed E-state index contributed by atoms with van der Waals surface area (Å²) in [6.07, 6.45) is 3.01. The van der Waals surface area contributed by atoms with E-state index in [0.717, 1.165) is 0 Å². The van der Waals surface area contributed by atoms with Gasteiger partial charge in [-0.1, -0.05) is 30.3 Å². The van der Waals surface area contributed by atoms with Gasteiger partial charge in [0.1, 0.15) is 5.76 Å². The van der Waals surface area contributed by atoms with Crippen LogP contribution in [0.5, 0.6) is 0 Å². The van der Waals surface area contributed by atoms with Crippen molar-refractivity contribution in [2.24, 2.45) is 0 Å². The van der Waals surface area contributed by atoms with Crippen LogP contribution >= 0.6 is 0 Å². The van der Waals surface area contributed by atoms with Gasteiger partial charge in [0.2, 0.25) is 5.91 Å². The predicted octanol–water partition coefficient (Wildman–Crippen LogP) is 3.67. The van der Waals surface area contributed by atoms with E-state index in [9.17, 15) is 19.5 Å². The largest absolute Gasteiger partial charge is 0.507 e. The third-order valence-corrected chi connectivity index (χ3v) is 4.98. The van der Waals surface area contributed by atoms with Gasteiger partial charge in [-0.05, 0) is 42.0 Å². The van der Waals surface area contributed by atoms with Gasteiger partial charge in [-0.2, -0.15) is 0 Å². The smallest absolute Gasteiger partial charge is 0.300 e. The second kappa shape index (κ2) is 8.23. The van der Waals surface area contributed by atoms with Crippen LogP contribution in [0.3, 0.4) is 0 Å². The molecule has 1 atom stereocenters. The van der Waals surface area contributed by atoms with E-state index in [1.807, 2.05) is 18.2 Å². The Morgan fingerprint density at radius 2 is 1.61 bits per heavy atom. The number of aliphatic hydroxyl groups excluding tert-OH is 1. The van der Waals surface area contributed by atoms with Gasteiger partial charge in [0, 0.05) is 36.3 Å². The Morgan fingerprint density at radius 3 is 2.23 bits per heavy atom. The molecule has 2 heterocycles. The van der Waals surface area contributed by atoms with E-state index in [-0.39, 0.29) is 17.2 Å². The van der Waals surface area contributed by atoms with Gasteiger partial charge < -0.3 is 10.4 Å². The Hall–Kier alpha value is -4.26. The number of carbonyl (C=O) groups is 3. The third kappa shape index (κ3) is 3.81. The molecular formula is C24H19N3O4. The first-order valence-corrected chi connectivity index (χ1v) is 9.61. The Bertz CT molecular complexity index is 1170. The van der Waals surface area contributed by atoms with E-state index in [1.54, 1.807) is 48.5 Å². The fraction of sp³-hybridized carbons (Fsp3) is 0.0833. The van der Waals surface area contributed by atoms with E-state index in [2.05, 4.69) is 10.3 Å². The molecule has 1 saturated heterocycles. The van der Waals surface area contributed by atoms with Crippen LogP contribution in [0.2, 0.25) is 0 Å². The number of anilines is 2. The molecule has 1 aromatic heterocycles. The summed E-state index contributed by atoms with van der Waals surface area (Å²) >= 11 is 0. The zero-order valence-corrected chi connectivity index (χ0v) is 16.6. The number of ketones is 1. The number of hydrogen-bond donors (Lipinski definition) is 2. The molecule has 0 spiro atoms. The van der Waals surface area contributed by atoms with Gasteiger partial charge in [0.05, 0.1) is 11.6 Å². The minimum atomic E-state index is -0.805. The maximum Gasteiger partial charge on any atom is 0.300 e. The van der Waals surface area contributed by atoms with Crippen LogP contribution in [0, 0.1) is 0 Å². The Kier molecular flexibility index (Phi) is 5.32. The SMILES string of the molecule is CC(=O)Nc1ccc(N2C(=O)C(=O)/C(=C(\O)c3ccncc3)C2c2ccccc2)cc1. The maximum atomic E-state index is 13.0. The van der Waals surface area contributed by atoms with Crippen LogP contribution in [0.25, 0.3) is 5.76 Å². The lowest BCUT2D eigenvalue weighted by Gasteiger charge is -2.25. The number of rotatable bonds is 4. The maximum absolute atomic E-state index is 13.0. The van der Waals surface area contributed by atoms with Gasteiger partial charge >= 0.3 is 0 Å². The molecule has 7 heteroatoms. The van der Waals surface area contributed by atoms with Crippen LogP contribution in [-0.2, 0) is 14.4 Å². The highest BCUT2D eigenvalue weighted by molar-refractivity contribution is 6.51. The van der Waals surface area contributed by atoms with E-state index >= 15 is 0 Å². The lowest BCUT2D eigenvalue weighted by Crippen LogP contribution is -2.29. The number of amides is 2. The van der Waals surface area contributed by atoms with Crippen molar-refractivity contribution < 1.29 is 19.5 Å². The average molecular weight is 413 g/mol. The molecule has 2 aromatic carbocycles. The lowest BCUT2D eigenvalue weighted by atomic mass is 9.95. The molecule has 7 nitrogen and oxygen atoms in total. The molecule has 2 N–H and O–H groups in total. The minimum Gasteiger partial charge on any atom is -0.507 e. The predicted molar refractivity (Wildman–Crippen MR) is 116 cm³/mol. The fourth-order valence-corrected chi connectivity index (χ4v) is 3.62. The second-order valence-electron chi connectivity index (χ2n) is 7.04. The molecule has 1 aliphatic heterocycles. The lowest BCUT2D eigenvalue weighted by molar-refractivity contribution is -0.132. The fourth-order valence-electron chi connectivity index (χ4n) is 3.62. The van der Waals surface area contributed by atoms with E-state index < -0.39 is 17.7 Å². The van der Waals surface area contributed by atoms with E-state index in [4.69, 9.17) is 0 Å². The van der Waals surface area contributed by atoms with Crippen LogP contribution in [0.1, 0.15) is 24.1 Å². The molecule has 0 radical (unpaired) electrons. The Labute approximate surface area is 178 Å². The zero-order chi connectivity index (χ0) is 22.0.